The van der Waals surface area contributed by atoms with Crippen LogP contribution in [0.2, 0.25) is 0 Å². The highest BCUT2D eigenvalue weighted by atomic mass is 16.1. The van der Waals surface area contributed by atoms with E-state index >= 15 is 0 Å². The average molecular weight is 239 g/mol. The van der Waals surface area contributed by atoms with Gasteiger partial charge in [-0.25, -0.2) is 0 Å². The van der Waals surface area contributed by atoms with Crippen molar-refractivity contribution in [3.63, 3.8) is 0 Å². The smallest absolute Gasteiger partial charge is 0.150 e. The number of hydrogen-bond acceptors (Lipinski definition) is 2. The van der Waals surface area contributed by atoms with Crippen molar-refractivity contribution in [2.24, 2.45) is 0 Å². The summed E-state index contributed by atoms with van der Waals surface area (Å²) in [6.45, 7) is 0.825. The van der Waals surface area contributed by atoms with Crippen LogP contribution in [0.3, 0.4) is 0 Å². The molecule has 18 heavy (non-hydrogen) atoms. The van der Waals surface area contributed by atoms with Gasteiger partial charge in [0, 0.05) is 12.1 Å². The normalized spacial score (nSPS) is 10.6. The lowest BCUT2D eigenvalue weighted by Gasteiger charge is -2.15. The number of rotatable bonds is 4. The predicted octanol–water partition coefficient (Wildman–Crippen LogP) is 3.23. The van der Waals surface area contributed by atoms with Gasteiger partial charge in [-0.2, -0.15) is 0 Å². The highest BCUT2D eigenvalue weighted by molar-refractivity contribution is 5.78. The van der Waals surface area contributed by atoms with E-state index in [-0.39, 0.29) is 0 Å². The number of aldehydes is 1. The van der Waals surface area contributed by atoms with Crippen LogP contribution in [0.1, 0.15) is 15.9 Å². The van der Waals surface area contributed by atoms with Crippen LogP contribution < -0.4 is 0 Å². The first kappa shape index (κ1) is 12.5. The fourth-order valence-corrected chi connectivity index (χ4v) is 2.06. The topological polar surface area (TPSA) is 20.3 Å². The number of benzene rings is 2. The van der Waals surface area contributed by atoms with Gasteiger partial charge in [0.15, 0.2) is 0 Å². The summed E-state index contributed by atoms with van der Waals surface area (Å²) < 4.78 is 0. The van der Waals surface area contributed by atoms with Crippen molar-refractivity contribution in [2.45, 2.75) is 6.54 Å². The van der Waals surface area contributed by atoms with Crippen LogP contribution in [0.5, 0.6) is 0 Å². The number of nitrogens with zero attached hydrogens (tertiary/aromatic N) is 1. The maximum atomic E-state index is 10.9. The van der Waals surface area contributed by atoms with E-state index in [9.17, 15) is 4.79 Å². The maximum absolute atomic E-state index is 10.9. The predicted molar refractivity (Wildman–Crippen MR) is 74.7 cm³/mol. The molecule has 2 aromatic carbocycles. The number of hydrogen-bond donors (Lipinski definition) is 0. The van der Waals surface area contributed by atoms with Crippen molar-refractivity contribution < 1.29 is 4.79 Å². The fourth-order valence-electron chi connectivity index (χ4n) is 2.06. The molecule has 0 N–H and O–H groups in total. The van der Waals surface area contributed by atoms with Crippen LogP contribution in [-0.2, 0) is 6.54 Å². The van der Waals surface area contributed by atoms with Gasteiger partial charge in [0.2, 0.25) is 0 Å². The lowest BCUT2D eigenvalue weighted by atomic mass is 9.97. The Kier molecular flexibility index (Phi) is 3.90. The first-order valence-electron chi connectivity index (χ1n) is 5.99. The Morgan fingerprint density at radius 3 is 2.39 bits per heavy atom. The monoisotopic (exact) mass is 239 g/mol. The SMILES string of the molecule is CN(C)Cc1cc(C=O)ccc1-c1ccccc1. The van der Waals surface area contributed by atoms with Crippen LogP contribution in [0.15, 0.2) is 48.5 Å². The summed E-state index contributed by atoms with van der Waals surface area (Å²) in [6, 6.07) is 16.1. The van der Waals surface area contributed by atoms with Gasteiger partial charge >= 0.3 is 0 Å². The van der Waals surface area contributed by atoms with Gasteiger partial charge in [-0.15, -0.1) is 0 Å². The molecule has 0 aliphatic rings. The van der Waals surface area contributed by atoms with Gasteiger partial charge in [0.05, 0.1) is 0 Å². The lowest BCUT2D eigenvalue weighted by molar-refractivity contribution is 0.112. The molecule has 0 aliphatic carbocycles. The van der Waals surface area contributed by atoms with Gasteiger partial charge in [0.25, 0.3) is 0 Å². The van der Waals surface area contributed by atoms with Gasteiger partial charge in [-0.05, 0) is 36.9 Å². The van der Waals surface area contributed by atoms with Crippen molar-refractivity contribution in [1.82, 2.24) is 4.90 Å². The molecule has 0 saturated heterocycles. The van der Waals surface area contributed by atoms with Crippen molar-refractivity contribution in [1.29, 1.82) is 0 Å². The third-order valence-corrected chi connectivity index (χ3v) is 2.84. The Bertz CT molecular complexity index is 532. The molecule has 0 bridgehead atoms. The quantitative estimate of drug-likeness (QED) is 0.763. The lowest BCUT2D eigenvalue weighted by Crippen LogP contribution is -2.11. The summed E-state index contributed by atoms with van der Waals surface area (Å²) in [6.07, 6.45) is 0.897. The molecule has 0 aliphatic heterocycles. The van der Waals surface area contributed by atoms with Crippen LogP contribution in [0.4, 0.5) is 0 Å². The molecule has 0 radical (unpaired) electrons. The van der Waals surface area contributed by atoms with Crippen molar-refractivity contribution in [3.05, 3.63) is 59.7 Å². The third kappa shape index (κ3) is 2.84. The molecule has 2 heteroatoms. The minimum absolute atomic E-state index is 0.728. The van der Waals surface area contributed by atoms with E-state index in [0.717, 1.165) is 18.4 Å². The number of carbonyl (C=O) groups excluding carboxylic acids is 1. The van der Waals surface area contributed by atoms with E-state index in [2.05, 4.69) is 17.0 Å². The van der Waals surface area contributed by atoms with E-state index < -0.39 is 0 Å². The molecule has 2 nitrogen and oxygen atoms in total. The van der Waals surface area contributed by atoms with Gasteiger partial charge < -0.3 is 4.90 Å². The Morgan fingerprint density at radius 1 is 1.06 bits per heavy atom. The summed E-state index contributed by atoms with van der Waals surface area (Å²) in [5.41, 5.74) is 4.28. The summed E-state index contributed by atoms with van der Waals surface area (Å²) >= 11 is 0. The highest BCUT2D eigenvalue weighted by Crippen LogP contribution is 2.25. The molecular formula is C16H17NO. The van der Waals surface area contributed by atoms with E-state index in [1.54, 1.807) is 0 Å². The molecule has 0 unspecified atom stereocenters. The van der Waals surface area contributed by atoms with Crippen LogP contribution in [0.25, 0.3) is 11.1 Å². The highest BCUT2D eigenvalue weighted by Gasteiger charge is 2.07. The molecule has 0 atom stereocenters. The van der Waals surface area contributed by atoms with Crippen LogP contribution in [-0.4, -0.2) is 25.3 Å². The van der Waals surface area contributed by atoms with Crippen molar-refractivity contribution >= 4 is 6.29 Å². The van der Waals surface area contributed by atoms with Crippen LogP contribution >= 0.6 is 0 Å². The van der Waals surface area contributed by atoms with Crippen molar-refractivity contribution in [3.8, 4) is 11.1 Å². The minimum Gasteiger partial charge on any atom is -0.305 e. The summed E-state index contributed by atoms with van der Waals surface area (Å²) in [4.78, 5) is 13.0. The Labute approximate surface area is 108 Å². The molecule has 2 aromatic rings. The third-order valence-electron chi connectivity index (χ3n) is 2.84. The molecule has 0 heterocycles. The molecule has 92 valence electrons. The molecule has 0 aromatic heterocycles. The van der Waals surface area contributed by atoms with Gasteiger partial charge in [0.1, 0.15) is 6.29 Å². The van der Waals surface area contributed by atoms with Crippen molar-refractivity contribution in [2.75, 3.05) is 14.1 Å². The Balaban J connectivity index is 2.49. The summed E-state index contributed by atoms with van der Waals surface area (Å²) in [7, 11) is 4.06. The molecule has 0 amide bonds. The van der Waals surface area contributed by atoms with E-state index in [4.69, 9.17) is 0 Å². The van der Waals surface area contributed by atoms with E-state index in [1.807, 2.05) is 50.5 Å². The molecule has 0 saturated carbocycles. The minimum atomic E-state index is 0.728. The Hall–Kier alpha value is -1.93. The zero-order valence-electron chi connectivity index (χ0n) is 10.8. The van der Waals surface area contributed by atoms with Gasteiger partial charge in [-0.1, -0.05) is 42.5 Å². The number of carbonyl (C=O) groups is 1. The maximum Gasteiger partial charge on any atom is 0.150 e. The zero-order chi connectivity index (χ0) is 13.0. The molecule has 0 fully saturated rings. The molecule has 2 rings (SSSR count). The van der Waals surface area contributed by atoms with E-state index in [0.29, 0.717) is 0 Å². The second kappa shape index (κ2) is 5.61. The second-order valence-corrected chi connectivity index (χ2v) is 4.64. The summed E-state index contributed by atoms with van der Waals surface area (Å²) in [5, 5.41) is 0. The van der Waals surface area contributed by atoms with E-state index in [1.165, 1.54) is 16.7 Å². The van der Waals surface area contributed by atoms with Crippen LogP contribution in [0, 0.1) is 0 Å². The van der Waals surface area contributed by atoms with Gasteiger partial charge in [-0.3, -0.25) is 4.79 Å². The first-order chi connectivity index (χ1) is 8.70. The second-order valence-electron chi connectivity index (χ2n) is 4.64. The molecular weight excluding hydrogens is 222 g/mol. The Morgan fingerprint density at radius 2 is 1.78 bits per heavy atom. The first-order valence-corrected chi connectivity index (χ1v) is 5.99. The standard InChI is InChI=1S/C16H17NO/c1-17(2)11-15-10-13(12-18)8-9-16(15)14-6-4-3-5-7-14/h3-10,12H,11H2,1-2H3. The largest absolute Gasteiger partial charge is 0.305 e. The average Bonchev–Trinajstić information content (AvgIpc) is 2.39. The summed E-state index contributed by atoms with van der Waals surface area (Å²) in [5.74, 6) is 0. The molecule has 0 spiro atoms. The fraction of sp³-hybridized carbons (Fsp3) is 0.188. The zero-order valence-corrected chi connectivity index (χ0v) is 10.8.